The molecule has 0 aromatic carbocycles. The molecule has 0 bridgehead atoms. The van der Waals surface area contributed by atoms with E-state index in [2.05, 4.69) is 29.2 Å². The van der Waals surface area contributed by atoms with Gasteiger partial charge in [-0.05, 0) is 46.0 Å². The lowest BCUT2D eigenvalue weighted by molar-refractivity contribution is 0.137. The highest BCUT2D eigenvalue weighted by atomic mass is 15.3. The van der Waals surface area contributed by atoms with E-state index in [1.807, 2.05) is 26.2 Å². The number of anilines is 1. The maximum absolute atomic E-state index is 5.85. The first-order valence-electron chi connectivity index (χ1n) is 5.72. The first kappa shape index (κ1) is 13.9. The Hall–Kier alpha value is -1.17. The highest BCUT2D eigenvalue weighted by Crippen LogP contribution is 2.20. The second kappa shape index (κ2) is 5.44. The second-order valence-corrected chi connectivity index (χ2v) is 5.02. The fraction of sp³-hybridized carbons (Fsp3) is 0.583. The van der Waals surface area contributed by atoms with Crippen molar-refractivity contribution in [2.45, 2.75) is 31.8 Å². The van der Waals surface area contributed by atoms with E-state index in [0.717, 1.165) is 12.0 Å². The number of nitrogens with two attached hydrogens (primary N) is 2. The molecule has 1 unspecified atom stereocenters. The van der Waals surface area contributed by atoms with Crippen molar-refractivity contribution < 1.29 is 0 Å². The van der Waals surface area contributed by atoms with Crippen molar-refractivity contribution in [3.8, 4) is 0 Å². The van der Waals surface area contributed by atoms with Crippen LogP contribution < -0.4 is 17.0 Å². The Morgan fingerprint density at radius 3 is 2.59 bits per heavy atom. The zero-order valence-electron chi connectivity index (χ0n) is 11.1. The molecular formula is C12H23N5. The van der Waals surface area contributed by atoms with Gasteiger partial charge < -0.3 is 10.6 Å². The number of hydrogen-bond donors (Lipinski definition) is 3. The quantitative estimate of drug-likeness (QED) is 0.509. The van der Waals surface area contributed by atoms with Crippen molar-refractivity contribution in [3.63, 3.8) is 0 Å². The van der Waals surface area contributed by atoms with E-state index in [0.29, 0.717) is 5.82 Å². The fourth-order valence-electron chi connectivity index (χ4n) is 1.67. The summed E-state index contributed by atoms with van der Waals surface area (Å²) in [5, 5.41) is 0. The second-order valence-electron chi connectivity index (χ2n) is 5.02. The Kier molecular flexibility index (Phi) is 4.45. The minimum Gasteiger partial charge on any atom is -0.383 e. The highest BCUT2D eigenvalue weighted by molar-refractivity contribution is 5.39. The van der Waals surface area contributed by atoms with E-state index in [1.54, 1.807) is 6.20 Å². The van der Waals surface area contributed by atoms with Gasteiger partial charge in [-0.1, -0.05) is 6.07 Å². The third-order valence-electron chi connectivity index (χ3n) is 3.56. The van der Waals surface area contributed by atoms with E-state index < -0.39 is 0 Å². The molecule has 1 atom stereocenters. The Morgan fingerprint density at radius 2 is 2.12 bits per heavy atom. The lowest BCUT2D eigenvalue weighted by atomic mass is 9.89. The summed E-state index contributed by atoms with van der Waals surface area (Å²) in [6.45, 7) is 4.29. The van der Waals surface area contributed by atoms with E-state index in [-0.39, 0.29) is 11.6 Å². The summed E-state index contributed by atoms with van der Waals surface area (Å²) in [6, 6.07) is 3.98. The summed E-state index contributed by atoms with van der Waals surface area (Å²) in [6.07, 6.45) is 2.45. The highest BCUT2D eigenvalue weighted by Gasteiger charge is 2.31. The summed E-state index contributed by atoms with van der Waals surface area (Å²) >= 11 is 0. The molecule has 0 aliphatic carbocycles. The van der Waals surface area contributed by atoms with Crippen LogP contribution in [0, 0.1) is 0 Å². The van der Waals surface area contributed by atoms with Gasteiger partial charge in [-0.15, -0.1) is 0 Å². The standard InChI is InChI=1S/C12H23N5/c1-12(2,17(3)4)10(16-14)8-9-6-5-7-15-11(9)13/h5-7,10,16H,8,14H2,1-4H3,(H2,13,15). The Bertz CT molecular complexity index is 362. The molecule has 1 heterocycles. The molecule has 0 radical (unpaired) electrons. The summed E-state index contributed by atoms with van der Waals surface area (Å²) < 4.78 is 0. The van der Waals surface area contributed by atoms with Gasteiger partial charge in [0.15, 0.2) is 0 Å². The van der Waals surface area contributed by atoms with E-state index in [4.69, 9.17) is 11.6 Å². The summed E-state index contributed by atoms with van der Waals surface area (Å²) in [5.74, 6) is 6.23. The first-order valence-corrected chi connectivity index (χ1v) is 5.72. The topological polar surface area (TPSA) is 80.2 Å². The number of pyridine rings is 1. The van der Waals surface area contributed by atoms with Crippen LogP contribution in [0.1, 0.15) is 19.4 Å². The maximum Gasteiger partial charge on any atom is 0.126 e. The average Bonchev–Trinajstić information content (AvgIpc) is 2.27. The number of hydrogen-bond acceptors (Lipinski definition) is 5. The lowest BCUT2D eigenvalue weighted by Gasteiger charge is -2.40. The van der Waals surface area contributed by atoms with Gasteiger partial charge in [0.05, 0.1) is 0 Å². The molecule has 0 aliphatic heterocycles. The molecule has 96 valence electrons. The van der Waals surface area contributed by atoms with Gasteiger partial charge in [-0.25, -0.2) is 4.98 Å². The van der Waals surface area contributed by atoms with Crippen LogP contribution in [0.15, 0.2) is 18.3 Å². The number of rotatable bonds is 5. The van der Waals surface area contributed by atoms with Gasteiger partial charge in [0.2, 0.25) is 0 Å². The molecule has 1 aromatic heterocycles. The van der Waals surface area contributed by atoms with E-state index in [9.17, 15) is 0 Å². The van der Waals surface area contributed by atoms with Crippen molar-refractivity contribution in [2.24, 2.45) is 5.84 Å². The van der Waals surface area contributed by atoms with Crippen molar-refractivity contribution in [1.29, 1.82) is 0 Å². The van der Waals surface area contributed by atoms with Gasteiger partial charge in [0.25, 0.3) is 0 Å². The van der Waals surface area contributed by atoms with E-state index in [1.165, 1.54) is 0 Å². The number of nitrogens with zero attached hydrogens (tertiary/aromatic N) is 2. The summed E-state index contributed by atoms with van der Waals surface area (Å²) in [4.78, 5) is 6.23. The third kappa shape index (κ3) is 3.15. The van der Waals surface area contributed by atoms with Crippen LogP contribution in [0.5, 0.6) is 0 Å². The Morgan fingerprint density at radius 1 is 1.47 bits per heavy atom. The van der Waals surface area contributed by atoms with Crippen LogP contribution >= 0.6 is 0 Å². The SMILES string of the molecule is CN(C)C(C)(C)C(Cc1cccnc1N)NN. The largest absolute Gasteiger partial charge is 0.383 e. The van der Waals surface area contributed by atoms with Crippen LogP contribution in [0.3, 0.4) is 0 Å². The number of hydrazine groups is 1. The van der Waals surface area contributed by atoms with Gasteiger partial charge in [-0.2, -0.15) is 0 Å². The van der Waals surface area contributed by atoms with Crippen LogP contribution in [0.25, 0.3) is 0 Å². The van der Waals surface area contributed by atoms with Gasteiger partial charge in [-0.3, -0.25) is 11.3 Å². The predicted molar refractivity (Wildman–Crippen MR) is 71.2 cm³/mol. The smallest absolute Gasteiger partial charge is 0.126 e. The summed E-state index contributed by atoms with van der Waals surface area (Å²) in [5.41, 5.74) is 9.67. The van der Waals surface area contributed by atoms with E-state index >= 15 is 0 Å². The van der Waals surface area contributed by atoms with Crippen molar-refractivity contribution in [3.05, 3.63) is 23.9 Å². The molecule has 1 rings (SSSR count). The molecule has 1 aromatic rings. The van der Waals surface area contributed by atoms with Crippen LogP contribution in [0.2, 0.25) is 0 Å². The van der Waals surface area contributed by atoms with Gasteiger partial charge >= 0.3 is 0 Å². The maximum atomic E-state index is 5.85. The average molecular weight is 237 g/mol. The lowest BCUT2D eigenvalue weighted by Crippen LogP contribution is -2.58. The number of aromatic nitrogens is 1. The Labute approximate surface area is 103 Å². The molecule has 17 heavy (non-hydrogen) atoms. The molecule has 5 heteroatoms. The molecule has 0 saturated carbocycles. The van der Waals surface area contributed by atoms with Gasteiger partial charge in [0.1, 0.15) is 5.82 Å². The predicted octanol–water partition coefficient (Wildman–Crippen LogP) is 0.378. The Balaban J connectivity index is 2.88. The zero-order chi connectivity index (χ0) is 13.1. The first-order chi connectivity index (χ1) is 7.89. The molecule has 0 amide bonds. The van der Waals surface area contributed by atoms with Crippen LogP contribution in [-0.2, 0) is 6.42 Å². The molecule has 0 spiro atoms. The number of nitrogen functional groups attached to an aromatic ring is 1. The molecule has 5 N–H and O–H groups in total. The minimum atomic E-state index is -0.0724. The summed E-state index contributed by atoms with van der Waals surface area (Å²) in [7, 11) is 4.08. The van der Waals surface area contributed by atoms with Crippen molar-refractivity contribution in [1.82, 2.24) is 15.3 Å². The van der Waals surface area contributed by atoms with Gasteiger partial charge in [0, 0.05) is 17.8 Å². The van der Waals surface area contributed by atoms with Crippen LogP contribution in [-0.4, -0.2) is 35.6 Å². The monoisotopic (exact) mass is 237 g/mol. The molecule has 0 aliphatic rings. The van der Waals surface area contributed by atoms with Crippen LogP contribution in [0.4, 0.5) is 5.82 Å². The number of likely N-dealkylation sites (N-methyl/N-ethyl adjacent to an activating group) is 1. The minimum absolute atomic E-state index is 0.0724. The molecular weight excluding hydrogens is 214 g/mol. The molecule has 0 saturated heterocycles. The zero-order valence-corrected chi connectivity index (χ0v) is 11.1. The molecule has 5 nitrogen and oxygen atoms in total. The third-order valence-corrected chi connectivity index (χ3v) is 3.56. The van der Waals surface area contributed by atoms with Crippen molar-refractivity contribution >= 4 is 5.82 Å². The number of nitrogens with one attached hydrogen (secondary N) is 1. The van der Waals surface area contributed by atoms with Crippen molar-refractivity contribution in [2.75, 3.05) is 19.8 Å². The fourth-order valence-corrected chi connectivity index (χ4v) is 1.67. The molecule has 0 fully saturated rings. The normalized spacial score (nSPS) is 14.0.